The van der Waals surface area contributed by atoms with Crippen molar-refractivity contribution in [3.63, 3.8) is 0 Å². The van der Waals surface area contributed by atoms with Crippen LogP contribution in [0.15, 0.2) is 24.3 Å². The topological polar surface area (TPSA) is 49.3 Å². The summed E-state index contributed by atoms with van der Waals surface area (Å²) in [6.07, 6.45) is 0. The summed E-state index contributed by atoms with van der Waals surface area (Å²) in [5.74, 6) is 5.37. The van der Waals surface area contributed by atoms with E-state index in [4.69, 9.17) is 5.11 Å². The van der Waals surface area contributed by atoms with Gasteiger partial charge in [0.1, 0.15) is 5.75 Å². The van der Waals surface area contributed by atoms with Crippen molar-refractivity contribution in [2.75, 3.05) is 6.54 Å². The molecule has 0 radical (unpaired) electrons. The first-order valence-electron chi connectivity index (χ1n) is 6.21. The molecule has 2 N–H and O–H groups in total. The Balaban J connectivity index is 0. The van der Waals surface area contributed by atoms with E-state index in [9.17, 15) is 4.79 Å². The number of rotatable bonds is 2. The molecule has 100 valence electrons. The normalized spacial score (nSPS) is 7.39. The Morgan fingerprint density at radius 3 is 2.11 bits per heavy atom. The Labute approximate surface area is 110 Å². The molecule has 1 aromatic rings. The molecule has 3 nitrogen and oxygen atoms in total. The summed E-state index contributed by atoms with van der Waals surface area (Å²) < 4.78 is 0. The lowest BCUT2D eigenvalue weighted by Crippen LogP contribution is -2.23. The van der Waals surface area contributed by atoms with Gasteiger partial charge in [0.2, 0.25) is 0 Å². The predicted molar refractivity (Wildman–Crippen MR) is 76.6 cm³/mol. The Hall–Kier alpha value is -1.95. The van der Waals surface area contributed by atoms with Crippen molar-refractivity contribution in [3.8, 4) is 17.6 Å². The first-order valence-corrected chi connectivity index (χ1v) is 6.21. The van der Waals surface area contributed by atoms with E-state index in [0.717, 1.165) is 0 Å². The van der Waals surface area contributed by atoms with Gasteiger partial charge in [-0.15, -0.1) is 5.92 Å². The maximum absolute atomic E-state index is 11.4. The molecule has 0 aromatic heterocycles. The third-order valence-electron chi connectivity index (χ3n) is 1.64. The van der Waals surface area contributed by atoms with E-state index in [1.165, 1.54) is 12.1 Å². The fourth-order valence-electron chi connectivity index (χ4n) is 0.928. The van der Waals surface area contributed by atoms with Gasteiger partial charge < -0.3 is 10.4 Å². The van der Waals surface area contributed by atoms with Crippen LogP contribution < -0.4 is 5.32 Å². The minimum atomic E-state index is -0.187. The number of nitrogens with one attached hydrogen (secondary N) is 1. The number of hydrogen-bond donors (Lipinski definition) is 2. The number of benzene rings is 1. The van der Waals surface area contributed by atoms with Crippen LogP contribution in [0.2, 0.25) is 0 Å². The lowest BCUT2D eigenvalue weighted by Gasteiger charge is -2.00. The fraction of sp³-hybridized carbons (Fsp3) is 0.400. The van der Waals surface area contributed by atoms with E-state index in [2.05, 4.69) is 17.2 Å². The molecule has 0 heterocycles. The summed E-state index contributed by atoms with van der Waals surface area (Å²) in [6.45, 7) is 10.1. The third-order valence-corrected chi connectivity index (χ3v) is 1.64. The molecule has 0 aliphatic carbocycles. The van der Waals surface area contributed by atoms with Crippen molar-refractivity contribution in [1.29, 1.82) is 0 Å². The first kappa shape index (κ1) is 18.4. The van der Waals surface area contributed by atoms with Gasteiger partial charge in [0.25, 0.3) is 5.91 Å². The fourth-order valence-corrected chi connectivity index (χ4v) is 0.928. The van der Waals surface area contributed by atoms with Crippen LogP contribution >= 0.6 is 0 Å². The summed E-state index contributed by atoms with van der Waals surface area (Å²) in [7, 11) is 0. The van der Waals surface area contributed by atoms with Crippen LogP contribution in [0.5, 0.6) is 5.75 Å². The van der Waals surface area contributed by atoms with Gasteiger partial charge in [-0.2, -0.15) is 0 Å². The van der Waals surface area contributed by atoms with Crippen molar-refractivity contribution in [3.05, 3.63) is 29.8 Å². The number of phenolic OH excluding ortho intramolecular Hbond substituents is 1. The minimum Gasteiger partial charge on any atom is -0.508 e. The van der Waals surface area contributed by atoms with E-state index in [-0.39, 0.29) is 11.7 Å². The zero-order valence-corrected chi connectivity index (χ0v) is 11.9. The highest BCUT2D eigenvalue weighted by molar-refractivity contribution is 5.94. The van der Waals surface area contributed by atoms with Crippen molar-refractivity contribution < 1.29 is 9.90 Å². The SMILES string of the molecule is CC.CC.CC#CCNC(=O)c1ccc(O)cc1. The Bertz CT molecular complexity index is 372. The Kier molecular flexibility index (Phi) is 13.4. The lowest BCUT2D eigenvalue weighted by atomic mass is 10.2. The number of phenols is 1. The predicted octanol–water partition coefficient (Wildman–Crippen LogP) is 3.20. The molecule has 0 spiro atoms. The largest absolute Gasteiger partial charge is 0.508 e. The molecule has 18 heavy (non-hydrogen) atoms. The second-order valence-electron chi connectivity index (χ2n) is 2.66. The maximum atomic E-state index is 11.4. The number of hydrogen-bond acceptors (Lipinski definition) is 2. The Morgan fingerprint density at radius 2 is 1.67 bits per heavy atom. The van der Waals surface area contributed by atoms with Gasteiger partial charge in [-0.3, -0.25) is 4.79 Å². The van der Waals surface area contributed by atoms with Crippen LogP contribution in [0.1, 0.15) is 45.0 Å². The van der Waals surface area contributed by atoms with Gasteiger partial charge in [0, 0.05) is 5.56 Å². The third kappa shape index (κ3) is 8.23. The van der Waals surface area contributed by atoms with Crippen LogP contribution in [-0.2, 0) is 0 Å². The van der Waals surface area contributed by atoms with Crippen LogP contribution in [0.3, 0.4) is 0 Å². The zero-order chi connectivity index (χ0) is 14.4. The molecule has 1 amide bonds. The summed E-state index contributed by atoms with van der Waals surface area (Å²) in [6, 6.07) is 6.06. The van der Waals surface area contributed by atoms with Gasteiger partial charge >= 0.3 is 0 Å². The van der Waals surface area contributed by atoms with Gasteiger partial charge in [-0.05, 0) is 31.2 Å². The minimum absolute atomic E-state index is 0.148. The highest BCUT2D eigenvalue weighted by Crippen LogP contribution is 2.08. The molecular weight excluding hydrogens is 226 g/mol. The van der Waals surface area contributed by atoms with Crippen LogP contribution in [0.4, 0.5) is 0 Å². The van der Waals surface area contributed by atoms with Crippen LogP contribution in [-0.4, -0.2) is 17.6 Å². The average Bonchev–Trinajstić information content (AvgIpc) is 2.44. The molecule has 0 saturated heterocycles. The molecule has 0 aliphatic heterocycles. The van der Waals surface area contributed by atoms with Gasteiger partial charge in [0.15, 0.2) is 0 Å². The summed E-state index contributed by atoms with van der Waals surface area (Å²) >= 11 is 0. The summed E-state index contributed by atoms with van der Waals surface area (Å²) in [4.78, 5) is 11.4. The van der Waals surface area contributed by atoms with Crippen molar-refractivity contribution in [2.45, 2.75) is 34.6 Å². The lowest BCUT2D eigenvalue weighted by molar-refractivity contribution is 0.0958. The molecule has 0 bridgehead atoms. The maximum Gasteiger partial charge on any atom is 0.252 e. The Morgan fingerprint density at radius 1 is 1.17 bits per heavy atom. The smallest absolute Gasteiger partial charge is 0.252 e. The molecule has 1 rings (SSSR count). The molecule has 0 atom stereocenters. The molecule has 0 fully saturated rings. The monoisotopic (exact) mass is 249 g/mol. The van der Waals surface area contributed by atoms with Crippen molar-refractivity contribution in [2.24, 2.45) is 0 Å². The molecule has 3 heteroatoms. The quantitative estimate of drug-likeness (QED) is 0.791. The molecule has 0 aliphatic rings. The second kappa shape index (κ2) is 13.1. The van der Waals surface area contributed by atoms with E-state index in [0.29, 0.717) is 12.1 Å². The van der Waals surface area contributed by atoms with E-state index in [1.807, 2.05) is 27.7 Å². The first-order chi connectivity index (χ1) is 8.74. The number of carbonyl (C=O) groups excluding carboxylic acids is 1. The van der Waals surface area contributed by atoms with Crippen molar-refractivity contribution in [1.82, 2.24) is 5.32 Å². The van der Waals surface area contributed by atoms with E-state index in [1.54, 1.807) is 19.1 Å². The zero-order valence-electron chi connectivity index (χ0n) is 11.9. The highest BCUT2D eigenvalue weighted by atomic mass is 16.3. The van der Waals surface area contributed by atoms with Gasteiger partial charge in [-0.1, -0.05) is 33.6 Å². The summed E-state index contributed by atoms with van der Waals surface area (Å²) in [5.41, 5.74) is 0.515. The molecule has 1 aromatic carbocycles. The van der Waals surface area contributed by atoms with Gasteiger partial charge in [0.05, 0.1) is 6.54 Å². The molecule has 0 saturated carbocycles. The number of aromatic hydroxyl groups is 1. The standard InChI is InChI=1S/C11H11NO2.2C2H6/c1-2-3-8-12-11(14)9-4-6-10(13)7-5-9;2*1-2/h4-7,13H,8H2,1H3,(H,12,14);2*1-2H3. The van der Waals surface area contributed by atoms with Crippen molar-refractivity contribution >= 4 is 5.91 Å². The van der Waals surface area contributed by atoms with Crippen LogP contribution in [0, 0.1) is 11.8 Å². The number of carbonyl (C=O) groups is 1. The highest BCUT2D eigenvalue weighted by Gasteiger charge is 2.02. The second-order valence-corrected chi connectivity index (χ2v) is 2.66. The van der Waals surface area contributed by atoms with E-state index >= 15 is 0 Å². The summed E-state index contributed by atoms with van der Waals surface area (Å²) in [5, 5.41) is 11.6. The molecular formula is C15H23NO2. The average molecular weight is 249 g/mol. The molecule has 0 unspecified atom stereocenters. The van der Waals surface area contributed by atoms with E-state index < -0.39 is 0 Å². The number of amides is 1. The van der Waals surface area contributed by atoms with Crippen LogP contribution in [0.25, 0.3) is 0 Å². The van der Waals surface area contributed by atoms with Gasteiger partial charge in [-0.25, -0.2) is 0 Å².